The second-order valence-electron chi connectivity index (χ2n) is 8.28. The minimum atomic E-state index is -0.245. The Morgan fingerprint density at radius 3 is 2.49 bits per heavy atom. The number of ether oxygens (including phenoxy) is 2. The maximum Gasteiger partial charge on any atom is 0.283 e. The van der Waals surface area contributed by atoms with Crippen molar-refractivity contribution in [2.75, 3.05) is 20.0 Å². The summed E-state index contributed by atoms with van der Waals surface area (Å²) in [5.74, 6) is 1.15. The zero-order chi connectivity index (χ0) is 25.1. The van der Waals surface area contributed by atoms with Crippen LogP contribution < -0.4 is 20.3 Å². The predicted molar refractivity (Wildman–Crippen MR) is 138 cm³/mol. The number of carbonyl (C=O) groups excluding carboxylic acids is 1. The normalized spacial score (nSPS) is 11.9. The van der Waals surface area contributed by atoms with Crippen LogP contribution in [0.2, 0.25) is 0 Å². The van der Waals surface area contributed by atoms with E-state index in [9.17, 15) is 9.59 Å². The highest BCUT2D eigenvalue weighted by molar-refractivity contribution is 7.99. The average molecular weight is 493 g/mol. The third kappa shape index (κ3) is 5.19. The molecule has 35 heavy (non-hydrogen) atoms. The van der Waals surface area contributed by atoms with E-state index in [0.29, 0.717) is 33.4 Å². The standard InChI is InChI=1S/C26H28N4O4S/c1-15-6-9-19(10-7-15)30-25(32)24-20(12-16(2)27-24)29-26(30)35-14-23(31)28-17(3)18-8-11-21(33-4)22(13-18)34-5/h6-13,17,27H,14H2,1-5H3,(H,28,31)/t17-/m0/s1. The maximum atomic E-state index is 13.3. The molecule has 182 valence electrons. The minimum Gasteiger partial charge on any atom is -0.493 e. The van der Waals surface area contributed by atoms with Crippen molar-refractivity contribution in [2.45, 2.75) is 32.0 Å². The first-order valence-corrected chi connectivity index (χ1v) is 12.1. The molecule has 0 aliphatic heterocycles. The molecule has 0 fully saturated rings. The Bertz CT molecular complexity index is 1430. The van der Waals surface area contributed by atoms with Gasteiger partial charge in [-0.1, -0.05) is 35.5 Å². The molecule has 0 aliphatic rings. The highest BCUT2D eigenvalue weighted by atomic mass is 32.2. The number of hydrogen-bond acceptors (Lipinski definition) is 6. The fourth-order valence-electron chi connectivity index (χ4n) is 3.81. The molecule has 0 saturated heterocycles. The van der Waals surface area contributed by atoms with Crippen molar-refractivity contribution in [2.24, 2.45) is 0 Å². The van der Waals surface area contributed by atoms with E-state index in [0.717, 1.165) is 16.8 Å². The molecule has 1 amide bonds. The number of rotatable bonds is 8. The van der Waals surface area contributed by atoms with Crippen LogP contribution in [0.5, 0.6) is 11.5 Å². The lowest BCUT2D eigenvalue weighted by molar-refractivity contribution is -0.119. The van der Waals surface area contributed by atoms with Gasteiger partial charge in [-0.05, 0) is 56.7 Å². The molecule has 2 heterocycles. The number of aromatic nitrogens is 3. The number of aryl methyl sites for hydroxylation is 2. The van der Waals surface area contributed by atoms with Crippen molar-refractivity contribution < 1.29 is 14.3 Å². The molecule has 0 aliphatic carbocycles. The zero-order valence-electron chi connectivity index (χ0n) is 20.3. The second kappa shape index (κ2) is 10.3. The molecule has 1 atom stereocenters. The number of thioether (sulfide) groups is 1. The Morgan fingerprint density at radius 1 is 1.09 bits per heavy atom. The van der Waals surface area contributed by atoms with E-state index in [-0.39, 0.29) is 23.3 Å². The highest BCUT2D eigenvalue weighted by Crippen LogP contribution is 2.30. The van der Waals surface area contributed by atoms with Crippen LogP contribution >= 0.6 is 11.8 Å². The fourth-order valence-corrected chi connectivity index (χ4v) is 4.64. The summed E-state index contributed by atoms with van der Waals surface area (Å²) in [5.41, 5.74) is 4.35. The number of aromatic amines is 1. The van der Waals surface area contributed by atoms with Crippen LogP contribution in [0.25, 0.3) is 16.7 Å². The smallest absolute Gasteiger partial charge is 0.283 e. The van der Waals surface area contributed by atoms with Crippen LogP contribution in [-0.2, 0) is 4.79 Å². The Kier molecular flexibility index (Phi) is 7.16. The first-order chi connectivity index (χ1) is 16.8. The van der Waals surface area contributed by atoms with Gasteiger partial charge in [0.1, 0.15) is 5.52 Å². The van der Waals surface area contributed by atoms with Crippen LogP contribution in [0.4, 0.5) is 0 Å². The van der Waals surface area contributed by atoms with Crippen molar-refractivity contribution in [1.29, 1.82) is 0 Å². The number of nitrogens with zero attached hydrogens (tertiary/aromatic N) is 2. The van der Waals surface area contributed by atoms with Gasteiger partial charge in [0.15, 0.2) is 16.7 Å². The van der Waals surface area contributed by atoms with E-state index < -0.39 is 0 Å². The van der Waals surface area contributed by atoms with Gasteiger partial charge in [0, 0.05) is 5.69 Å². The summed E-state index contributed by atoms with van der Waals surface area (Å²) in [6.07, 6.45) is 0. The van der Waals surface area contributed by atoms with Crippen LogP contribution in [0, 0.1) is 13.8 Å². The van der Waals surface area contributed by atoms with Gasteiger partial charge in [-0.25, -0.2) is 4.98 Å². The molecule has 2 N–H and O–H groups in total. The number of nitrogens with one attached hydrogen (secondary N) is 2. The molecule has 8 nitrogen and oxygen atoms in total. The Hall–Kier alpha value is -3.72. The number of hydrogen-bond donors (Lipinski definition) is 2. The SMILES string of the molecule is COc1ccc([C@H](C)NC(=O)CSc2nc3cc(C)[nH]c3c(=O)n2-c2ccc(C)cc2)cc1OC. The summed E-state index contributed by atoms with van der Waals surface area (Å²) >= 11 is 1.22. The number of H-pyrrole nitrogens is 1. The number of benzene rings is 2. The molecule has 4 rings (SSSR count). The predicted octanol–water partition coefficient (Wildman–Crippen LogP) is 4.32. The number of carbonyl (C=O) groups is 1. The third-order valence-corrected chi connectivity index (χ3v) is 6.60. The molecular weight excluding hydrogens is 464 g/mol. The van der Waals surface area contributed by atoms with E-state index in [1.165, 1.54) is 11.8 Å². The molecule has 0 saturated carbocycles. The average Bonchev–Trinajstić information content (AvgIpc) is 3.23. The summed E-state index contributed by atoms with van der Waals surface area (Å²) in [4.78, 5) is 33.9. The molecule has 2 aromatic heterocycles. The zero-order valence-corrected chi connectivity index (χ0v) is 21.2. The largest absolute Gasteiger partial charge is 0.493 e. The molecule has 2 aromatic carbocycles. The summed E-state index contributed by atoms with van der Waals surface area (Å²) in [5, 5.41) is 3.46. The molecule has 0 spiro atoms. The second-order valence-corrected chi connectivity index (χ2v) is 9.22. The van der Waals surface area contributed by atoms with E-state index in [2.05, 4.69) is 10.3 Å². The summed E-state index contributed by atoms with van der Waals surface area (Å²) in [6, 6.07) is 14.8. The van der Waals surface area contributed by atoms with E-state index >= 15 is 0 Å². The monoisotopic (exact) mass is 492 g/mol. The Balaban J connectivity index is 1.56. The molecular formula is C26H28N4O4S. The van der Waals surface area contributed by atoms with Crippen molar-refractivity contribution in [1.82, 2.24) is 19.9 Å². The van der Waals surface area contributed by atoms with Crippen LogP contribution in [0.3, 0.4) is 0 Å². The fraction of sp³-hybridized carbons (Fsp3) is 0.269. The Labute approximate surface area is 207 Å². The minimum absolute atomic E-state index is 0.102. The first kappa shape index (κ1) is 24.4. The van der Waals surface area contributed by atoms with Crippen molar-refractivity contribution in [3.63, 3.8) is 0 Å². The summed E-state index contributed by atoms with van der Waals surface area (Å²) < 4.78 is 12.2. The van der Waals surface area contributed by atoms with Crippen molar-refractivity contribution in [3.05, 3.63) is 75.7 Å². The lowest BCUT2D eigenvalue weighted by Gasteiger charge is -2.17. The summed E-state index contributed by atoms with van der Waals surface area (Å²) in [7, 11) is 3.15. The van der Waals surface area contributed by atoms with Gasteiger partial charge in [0.2, 0.25) is 5.91 Å². The molecule has 0 unspecified atom stereocenters. The highest BCUT2D eigenvalue weighted by Gasteiger charge is 2.18. The molecule has 0 bridgehead atoms. The van der Waals surface area contributed by atoms with E-state index in [4.69, 9.17) is 14.5 Å². The number of methoxy groups -OCH3 is 2. The molecule has 4 aromatic rings. The van der Waals surface area contributed by atoms with Gasteiger partial charge in [-0.2, -0.15) is 0 Å². The third-order valence-electron chi connectivity index (χ3n) is 5.67. The molecule has 9 heteroatoms. The van der Waals surface area contributed by atoms with Gasteiger partial charge >= 0.3 is 0 Å². The van der Waals surface area contributed by atoms with Crippen LogP contribution in [-0.4, -0.2) is 40.4 Å². The van der Waals surface area contributed by atoms with Gasteiger partial charge < -0.3 is 19.8 Å². The Morgan fingerprint density at radius 2 is 1.80 bits per heavy atom. The van der Waals surface area contributed by atoms with E-state index in [1.807, 2.05) is 69.3 Å². The lowest BCUT2D eigenvalue weighted by atomic mass is 10.1. The van der Waals surface area contributed by atoms with Gasteiger partial charge in [0.05, 0.1) is 37.2 Å². The maximum absolute atomic E-state index is 13.3. The molecule has 0 radical (unpaired) electrons. The van der Waals surface area contributed by atoms with Crippen LogP contribution in [0.15, 0.2) is 58.5 Å². The van der Waals surface area contributed by atoms with Gasteiger partial charge in [-0.15, -0.1) is 0 Å². The number of fused-ring (bicyclic) bond motifs is 1. The van der Waals surface area contributed by atoms with Gasteiger partial charge in [-0.3, -0.25) is 14.2 Å². The lowest BCUT2D eigenvalue weighted by Crippen LogP contribution is -2.29. The van der Waals surface area contributed by atoms with Crippen molar-refractivity contribution >= 4 is 28.7 Å². The van der Waals surface area contributed by atoms with Gasteiger partial charge in [0.25, 0.3) is 5.56 Å². The topological polar surface area (TPSA) is 98.2 Å². The quantitative estimate of drug-likeness (QED) is 0.281. The van der Waals surface area contributed by atoms with E-state index in [1.54, 1.807) is 18.8 Å². The van der Waals surface area contributed by atoms with Crippen molar-refractivity contribution in [3.8, 4) is 17.2 Å². The first-order valence-electron chi connectivity index (χ1n) is 11.1. The number of amides is 1. The van der Waals surface area contributed by atoms with Crippen LogP contribution in [0.1, 0.15) is 29.8 Å². The summed E-state index contributed by atoms with van der Waals surface area (Å²) in [6.45, 7) is 5.77.